The first kappa shape index (κ1) is 13.1. The van der Waals surface area contributed by atoms with Gasteiger partial charge < -0.3 is 11.1 Å². The number of hydrogen-bond acceptors (Lipinski definition) is 3. The number of nitrogens with zero attached hydrogens (tertiary/aromatic N) is 2. The maximum absolute atomic E-state index is 5.94. The minimum absolute atomic E-state index is 0.495. The highest BCUT2D eigenvalue weighted by Crippen LogP contribution is 2.32. The second kappa shape index (κ2) is 5.63. The molecule has 2 aliphatic rings. The van der Waals surface area contributed by atoms with E-state index in [9.17, 15) is 0 Å². The third-order valence-corrected chi connectivity index (χ3v) is 5.00. The lowest BCUT2D eigenvalue weighted by molar-refractivity contribution is 0.239. The summed E-state index contributed by atoms with van der Waals surface area (Å²) in [6.45, 7) is 0.824. The second-order valence-corrected chi connectivity index (χ2v) is 6.17. The number of fused-ring (bicyclic) bond motifs is 1. The predicted octanol–water partition coefficient (Wildman–Crippen LogP) is 1.90. The average molecular weight is 262 g/mol. The van der Waals surface area contributed by atoms with Crippen LogP contribution < -0.4 is 11.1 Å². The van der Waals surface area contributed by atoms with Gasteiger partial charge in [-0.15, -0.1) is 0 Å². The molecule has 3 unspecified atom stereocenters. The Morgan fingerprint density at radius 2 is 2.16 bits per heavy atom. The van der Waals surface area contributed by atoms with E-state index >= 15 is 0 Å². The van der Waals surface area contributed by atoms with Crippen molar-refractivity contribution in [2.24, 2.45) is 18.7 Å². The average Bonchev–Trinajstić information content (AvgIpc) is 2.82. The summed E-state index contributed by atoms with van der Waals surface area (Å²) in [6, 6.07) is 1.10. The van der Waals surface area contributed by atoms with Crippen LogP contribution in [0, 0.1) is 5.92 Å². The Morgan fingerprint density at radius 3 is 3.00 bits per heavy atom. The first-order chi connectivity index (χ1) is 9.29. The second-order valence-electron chi connectivity index (χ2n) is 6.17. The van der Waals surface area contributed by atoms with Crippen LogP contribution in [0.1, 0.15) is 55.8 Å². The number of hydrogen-bond donors (Lipinski definition) is 2. The fourth-order valence-electron chi connectivity index (χ4n) is 3.85. The predicted molar refractivity (Wildman–Crippen MR) is 76.8 cm³/mol. The van der Waals surface area contributed by atoms with Gasteiger partial charge in [-0.05, 0) is 44.6 Å². The van der Waals surface area contributed by atoms with E-state index in [4.69, 9.17) is 5.73 Å². The van der Waals surface area contributed by atoms with Gasteiger partial charge in [0.2, 0.25) is 0 Å². The summed E-state index contributed by atoms with van der Waals surface area (Å²) in [4.78, 5) is 0. The third kappa shape index (κ3) is 2.56. The third-order valence-electron chi connectivity index (χ3n) is 5.00. The molecule has 0 radical (unpaired) electrons. The SMILES string of the molecule is Cn1ncc2c1CCCC2NC1CCCCC1CN. The minimum Gasteiger partial charge on any atom is -0.330 e. The van der Waals surface area contributed by atoms with E-state index in [2.05, 4.69) is 23.7 Å². The molecule has 3 N–H and O–H groups in total. The number of rotatable bonds is 3. The van der Waals surface area contributed by atoms with E-state index in [1.807, 2.05) is 4.68 Å². The topological polar surface area (TPSA) is 55.9 Å². The van der Waals surface area contributed by atoms with Gasteiger partial charge in [-0.25, -0.2) is 0 Å². The molecule has 0 bridgehead atoms. The van der Waals surface area contributed by atoms with Crippen molar-refractivity contribution in [1.29, 1.82) is 0 Å². The molecule has 1 aromatic heterocycles. The van der Waals surface area contributed by atoms with Crippen molar-refractivity contribution in [2.45, 2.75) is 57.0 Å². The lowest BCUT2D eigenvalue weighted by Gasteiger charge is -2.36. The van der Waals surface area contributed by atoms with Crippen LogP contribution >= 0.6 is 0 Å². The summed E-state index contributed by atoms with van der Waals surface area (Å²) in [5.74, 6) is 0.663. The van der Waals surface area contributed by atoms with Crippen LogP contribution in [-0.2, 0) is 13.5 Å². The molecule has 4 heteroatoms. The van der Waals surface area contributed by atoms with Gasteiger partial charge in [-0.1, -0.05) is 12.8 Å². The van der Waals surface area contributed by atoms with Gasteiger partial charge in [0.15, 0.2) is 0 Å². The highest BCUT2D eigenvalue weighted by atomic mass is 15.3. The van der Waals surface area contributed by atoms with Crippen molar-refractivity contribution < 1.29 is 0 Å². The van der Waals surface area contributed by atoms with Crippen LogP contribution in [0.3, 0.4) is 0 Å². The molecular weight excluding hydrogens is 236 g/mol. The summed E-state index contributed by atoms with van der Waals surface area (Å²) >= 11 is 0. The summed E-state index contributed by atoms with van der Waals surface area (Å²) in [7, 11) is 2.06. The van der Waals surface area contributed by atoms with E-state index < -0.39 is 0 Å². The van der Waals surface area contributed by atoms with Crippen LogP contribution in [-0.4, -0.2) is 22.4 Å². The molecule has 4 nitrogen and oxygen atoms in total. The molecule has 3 rings (SSSR count). The molecule has 0 aliphatic heterocycles. The van der Waals surface area contributed by atoms with Gasteiger partial charge in [0.1, 0.15) is 0 Å². The maximum Gasteiger partial charge on any atom is 0.0540 e. The van der Waals surface area contributed by atoms with Crippen LogP contribution in [0.4, 0.5) is 0 Å². The molecule has 0 spiro atoms. The Labute approximate surface area is 115 Å². The zero-order valence-corrected chi connectivity index (χ0v) is 11.9. The highest BCUT2D eigenvalue weighted by molar-refractivity contribution is 5.24. The van der Waals surface area contributed by atoms with Crippen LogP contribution in [0.15, 0.2) is 6.20 Å². The number of nitrogens with two attached hydrogens (primary N) is 1. The lowest BCUT2D eigenvalue weighted by atomic mass is 9.83. The fourth-order valence-corrected chi connectivity index (χ4v) is 3.85. The lowest BCUT2D eigenvalue weighted by Crippen LogP contribution is -2.44. The first-order valence-corrected chi connectivity index (χ1v) is 7.76. The van der Waals surface area contributed by atoms with E-state index in [0.29, 0.717) is 18.0 Å². The van der Waals surface area contributed by atoms with Crippen molar-refractivity contribution in [3.05, 3.63) is 17.5 Å². The fraction of sp³-hybridized carbons (Fsp3) is 0.800. The molecule has 19 heavy (non-hydrogen) atoms. The zero-order valence-electron chi connectivity index (χ0n) is 11.9. The van der Waals surface area contributed by atoms with Crippen molar-refractivity contribution >= 4 is 0 Å². The Kier molecular flexibility index (Phi) is 3.89. The van der Waals surface area contributed by atoms with Crippen molar-refractivity contribution in [1.82, 2.24) is 15.1 Å². The van der Waals surface area contributed by atoms with E-state index in [1.165, 1.54) is 56.2 Å². The first-order valence-electron chi connectivity index (χ1n) is 7.76. The van der Waals surface area contributed by atoms with Gasteiger partial charge in [0, 0.05) is 30.4 Å². The number of aromatic nitrogens is 2. The van der Waals surface area contributed by atoms with Crippen LogP contribution in [0.25, 0.3) is 0 Å². The van der Waals surface area contributed by atoms with E-state index in [0.717, 1.165) is 6.54 Å². The standard InChI is InChI=1S/C15H26N4/c1-19-15-8-4-7-14(12(15)10-17-19)18-13-6-3-2-5-11(13)9-16/h10-11,13-14,18H,2-9,16H2,1H3. The number of aryl methyl sites for hydroxylation is 1. The van der Waals surface area contributed by atoms with E-state index in [1.54, 1.807) is 0 Å². The van der Waals surface area contributed by atoms with Crippen molar-refractivity contribution in [3.63, 3.8) is 0 Å². The zero-order chi connectivity index (χ0) is 13.2. The van der Waals surface area contributed by atoms with Gasteiger partial charge in [-0.3, -0.25) is 4.68 Å². The smallest absolute Gasteiger partial charge is 0.0540 e. The summed E-state index contributed by atoms with van der Waals surface area (Å²) in [5.41, 5.74) is 8.79. The molecule has 1 aromatic rings. The van der Waals surface area contributed by atoms with Crippen LogP contribution in [0.5, 0.6) is 0 Å². The minimum atomic E-state index is 0.495. The molecule has 1 heterocycles. The molecule has 106 valence electrons. The Balaban J connectivity index is 1.73. The maximum atomic E-state index is 5.94. The summed E-state index contributed by atoms with van der Waals surface area (Å²) in [6.07, 6.45) is 11.0. The monoisotopic (exact) mass is 262 g/mol. The van der Waals surface area contributed by atoms with Crippen molar-refractivity contribution in [3.8, 4) is 0 Å². The van der Waals surface area contributed by atoms with Gasteiger partial charge in [0.25, 0.3) is 0 Å². The molecular formula is C15H26N4. The molecule has 3 atom stereocenters. The summed E-state index contributed by atoms with van der Waals surface area (Å²) in [5, 5.41) is 8.33. The Morgan fingerprint density at radius 1 is 1.32 bits per heavy atom. The molecule has 0 saturated heterocycles. The van der Waals surface area contributed by atoms with Crippen LogP contribution in [0.2, 0.25) is 0 Å². The molecule has 0 aromatic carbocycles. The van der Waals surface area contributed by atoms with Gasteiger partial charge >= 0.3 is 0 Å². The normalized spacial score (nSPS) is 31.2. The molecule has 2 aliphatic carbocycles. The molecule has 1 saturated carbocycles. The number of nitrogens with one attached hydrogen (secondary N) is 1. The van der Waals surface area contributed by atoms with Gasteiger partial charge in [0.05, 0.1) is 6.20 Å². The molecule has 0 amide bonds. The highest BCUT2D eigenvalue weighted by Gasteiger charge is 2.29. The largest absolute Gasteiger partial charge is 0.330 e. The van der Waals surface area contributed by atoms with Gasteiger partial charge in [-0.2, -0.15) is 5.10 Å². The summed E-state index contributed by atoms with van der Waals surface area (Å²) < 4.78 is 2.05. The van der Waals surface area contributed by atoms with Crippen molar-refractivity contribution in [2.75, 3.05) is 6.54 Å². The Bertz CT molecular complexity index is 426. The molecule has 1 fully saturated rings. The van der Waals surface area contributed by atoms with E-state index in [-0.39, 0.29) is 0 Å². The quantitative estimate of drug-likeness (QED) is 0.875. The Hall–Kier alpha value is -0.870.